The molecule has 30 heavy (non-hydrogen) atoms. The molecule has 2 aromatic carbocycles. The van der Waals surface area contributed by atoms with Crippen LogP contribution in [0, 0.1) is 0 Å². The average Bonchev–Trinajstić information content (AvgIpc) is 3.13. The summed E-state index contributed by atoms with van der Waals surface area (Å²) in [4.78, 5) is 22.0. The van der Waals surface area contributed by atoms with Gasteiger partial charge in [-0.15, -0.1) is 12.4 Å². The molecule has 0 unspecified atom stereocenters. The Balaban J connectivity index is 0.00000256. The fourth-order valence-electron chi connectivity index (χ4n) is 3.16. The minimum atomic E-state index is -0.0844. The van der Waals surface area contributed by atoms with Crippen molar-refractivity contribution in [3.63, 3.8) is 0 Å². The second kappa shape index (κ2) is 9.96. The van der Waals surface area contributed by atoms with Crippen molar-refractivity contribution in [2.24, 2.45) is 0 Å². The number of hydrogen-bond acceptors (Lipinski definition) is 6. The molecule has 0 N–H and O–H groups in total. The molecule has 1 aliphatic rings. The number of nitrogens with zero attached hydrogens (tertiary/aromatic N) is 3. The molecule has 2 heterocycles. The highest BCUT2D eigenvalue weighted by molar-refractivity contribution is 9.10. The first kappa shape index (κ1) is 22.8. The van der Waals surface area contributed by atoms with Crippen LogP contribution in [0.5, 0.6) is 11.5 Å². The van der Waals surface area contributed by atoms with E-state index in [4.69, 9.17) is 14.5 Å². The van der Waals surface area contributed by atoms with Gasteiger partial charge in [0.2, 0.25) is 0 Å². The lowest BCUT2D eigenvalue weighted by Crippen LogP contribution is -2.33. The molecule has 160 valence electrons. The fourth-order valence-corrected chi connectivity index (χ4v) is 4.70. The summed E-state index contributed by atoms with van der Waals surface area (Å²) in [6.07, 6.45) is 0.850. The van der Waals surface area contributed by atoms with Crippen molar-refractivity contribution in [1.29, 1.82) is 0 Å². The van der Waals surface area contributed by atoms with Gasteiger partial charge in [-0.25, -0.2) is 4.98 Å². The zero-order valence-corrected chi connectivity index (χ0v) is 20.0. The first-order valence-corrected chi connectivity index (χ1v) is 11.0. The summed E-state index contributed by atoms with van der Waals surface area (Å²) in [6, 6.07) is 11.3. The van der Waals surface area contributed by atoms with E-state index in [1.165, 1.54) is 11.3 Å². The lowest BCUT2D eigenvalue weighted by molar-refractivity contribution is 0.0984. The molecule has 6 nitrogen and oxygen atoms in total. The summed E-state index contributed by atoms with van der Waals surface area (Å²) >= 11 is 5.03. The highest BCUT2D eigenvalue weighted by Crippen LogP contribution is 2.34. The van der Waals surface area contributed by atoms with Crippen LogP contribution < -0.4 is 14.4 Å². The maximum Gasteiger partial charge on any atom is 0.260 e. The first-order chi connectivity index (χ1) is 14.0. The Morgan fingerprint density at radius 3 is 2.63 bits per heavy atom. The van der Waals surface area contributed by atoms with E-state index in [1.807, 2.05) is 32.3 Å². The van der Waals surface area contributed by atoms with Crippen LogP contribution in [0.2, 0.25) is 0 Å². The summed E-state index contributed by atoms with van der Waals surface area (Å²) in [7, 11) is 4.06. The van der Waals surface area contributed by atoms with Crippen LogP contribution in [0.25, 0.3) is 10.2 Å². The molecule has 0 atom stereocenters. The average molecular weight is 513 g/mol. The van der Waals surface area contributed by atoms with Gasteiger partial charge in [0.1, 0.15) is 13.2 Å². The maximum atomic E-state index is 13.4. The van der Waals surface area contributed by atoms with Crippen LogP contribution in [-0.4, -0.2) is 56.2 Å². The minimum absolute atomic E-state index is 0. The maximum absolute atomic E-state index is 13.4. The fraction of sp³-hybridized carbons (Fsp3) is 0.333. The first-order valence-electron chi connectivity index (χ1n) is 9.43. The van der Waals surface area contributed by atoms with Crippen LogP contribution in [0.3, 0.4) is 0 Å². The monoisotopic (exact) mass is 511 g/mol. The summed E-state index contributed by atoms with van der Waals surface area (Å²) in [6.45, 7) is 2.50. The number of aromatic nitrogens is 1. The number of carbonyl (C=O) groups excluding carboxylic acids is 1. The molecule has 1 aliphatic heterocycles. The Hall–Kier alpha value is -1.87. The van der Waals surface area contributed by atoms with Crippen molar-refractivity contribution >= 4 is 60.9 Å². The molecular formula is C21H23BrClN3O3S. The largest absolute Gasteiger partial charge is 0.486 e. The highest BCUT2D eigenvalue weighted by Gasteiger charge is 2.23. The number of anilines is 1. The molecule has 0 bridgehead atoms. The number of benzene rings is 2. The standard InChI is InChI=1S/C21H22BrN3O3S.ClH/c1-24(2)8-3-9-25(21-23-16-6-5-15(22)13-19(16)29-21)20(26)14-4-7-17-18(12-14)28-11-10-27-17;/h4-7,12-13H,3,8-11H2,1-2H3;1H. The van der Waals surface area contributed by atoms with E-state index in [0.29, 0.717) is 42.0 Å². The highest BCUT2D eigenvalue weighted by atomic mass is 79.9. The summed E-state index contributed by atoms with van der Waals surface area (Å²) < 4.78 is 13.3. The van der Waals surface area contributed by atoms with Crippen molar-refractivity contribution in [2.75, 3.05) is 45.3 Å². The molecule has 0 spiro atoms. The number of thiazole rings is 1. The van der Waals surface area contributed by atoms with Gasteiger partial charge in [0.05, 0.1) is 10.2 Å². The van der Waals surface area contributed by atoms with Crippen LogP contribution in [0.15, 0.2) is 40.9 Å². The van der Waals surface area contributed by atoms with E-state index in [2.05, 4.69) is 20.8 Å². The molecule has 0 radical (unpaired) electrons. The van der Waals surface area contributed by atoms with Crippen molar-refractivity contribution < 1.29 is 14.3 Å². The van der Waals surface area contributed by atoms with Gasteiger partial charge < -0.3 is 14.4 Å². The van der Waals surface area contributed by atoms with Gasteiger partial charge in [-0.05, 0) is 63.5 Å². The molecule has 1 amide bonds. The second-order valence-corrected chi connectivity index (χ2v) is 9.01. The Kier molecular flexibility index (Phi) is 7.57. The van der Waals surface area contributed by atoms with Crippen molar-refractivity contribution in [1.82, 2.24) is 9.88 Å². The molecule has 3 aromatic rings. The second-order valence-electron chi connectivity index (χ2n) is 7.08. The third-order valence-corrected chi connectivity index (χ3v) is 6.13. The molecule has 0 saturated carbocycles. The summed E-state index contributed by atoms with van der Waals surface area (Å²) in [5, 5.41) is 0.705. The number of halogens is 2. The van der Waals surface area contributed by atoms with E-state index < -0.39 is 0 Å². The molecule has 0 saturated heterocycles. The van der Waals surface area contributed by atoms with Crippen LogP contribution >= 0.6 is 39.7 Å². The van der Waals surface area contributed by atoms with Crippen LogP contribution in [-0.2, 0) is 0 Å². The smallest absolute Gasteiger partial charge is 0.260 e. The zero-order chi connectivity index (χ0) is 20.4. The van der Waals surface area contributed by atoms with Crippen LogP contribution in [0.4, 0.5) is 5.13 Å². The van der Waals surface area contributed by atoms with Crippen molar-refractivity contribution in [3.05, 3.63) is 46.4 Å². The Morgan fingerprint density at radius 1 is 1.10 bits per heavy atom. The zero-order valence-electron chi connectivity index (χ0n) is 16.8. The van der Waals surface area contributed by atoms with Gasteiger partial charge >= 0.3 is 0 Å². The molecule has 9 heteroatoms. The summed E-state index contributed by atoms with van der Waals surface area (Å²) in [5.74, 6) is 1.21. The predicted octanol–water partition coefficient (Wildman–Crippen LogP) is 4.85. The topological polar surface area (TPSA) is 54.9 Å². The lowest BCUT2D eigenvalue weighted by atomic mass is 10.1. The number of rotatable bonds is 6. The van der Waals surface area contributed by atoms with E-state index >= 15 is 0 Å². The lowest BCUT2D eigenvalue weighted by Gasteiger charge is -2.23. The normalized spacial score (nSPS) is 12.7. The Bertz CT molecular complexity index is 1040. The molecule has 4 rings (SSSR count). The number of hydrogen-bond donors (Lipinski definition) is 0. The van der Waals surface area contributed by atoms with Crippen molar-refractivity contribution in [3.8, 4) is 11.5 Å². The Morgan fingerprint density at radius 2 is 1.87 bits per heavy atom. The van der Waals surface area contributed by atoms with Gasteiger partial charge in [-0.1, -0.05) is 27.3 Å². The van der Waals surface area contributed by atoms with Crippen LogP contribution in [0.1, 0.15) is 16.8 Å². The third kappa shape index (κ3) is 5.06. The van der Waals surface area contributed by atoms with E-state index in [-0.39, 0.29) is 18.3 Å². The molecular weight excluding hydrogens is 490 g/mol. The quantitative estimate of drug-likeness (QED) is 0.473. The minimum Gasteiger partial charge on any atom is -0.486 e. The number of carbonyl (C=O) groups is 1. The molecule has 0 fully saturated rings. The number of ether oxygens (including phenoxy) is 2. The SMILES string of the molecule is CN(C)CCCN(C(=O)c1ccc2c(c1)OCCO2)c1nc2ccc(Br)cc2s1.Cl. The van der Waals surface area contributed by atoms with Gasteiger partial charge in [-0.2, -0.15) is 0 Å². The van der Waals surface area contributed by atoms with Gasteiger partial charge in [0.15, 0.2) is 16.6 Å². The summed E-state index contributed by atoms with van der Waals surface area (Å²) in [5.41, 5.74) is 1.46. The third-order valence-electron chi connectivity index (χ3n) is 4.59. The van der Waals surface area contributed by atoms with Gasteiger partial charge in [0, 0.05) is 16.6 Å². The van der Waals surface area contributed by atoms with E-state index in [1.54, 1.807) is 23.1 Å². The predicted molar refractivity (Wildman–Crippen MR) is 127 cm³/mol. The van der Waals surface area contributed by atoms with Gasteiger partial charge in [-0.3, -0.25) is 9.69 Å². The van der Waals surface area contributed by atoms with Crippen molar-refractivity contribution in [2.45, 2.75) is 6.42 Å². The molecule has 1 aromatic heterocycles. The molecule has 0 aliphatic carbocycles. The Labute approximate surface area is 194 Å². The number of fused-ring (bicyclic) bond motifs is 2. The number of amides is 1. The van der Waals surface area contributed by atoms with E-state index in [9.17, 15) is 4.79 Å². The van der Waals surface area contributed by atoms with E-state index in [0.717, 1.165) is 27.7 Å². The van der Waals surface area contributed by atoms with Gasteiger partial charge in [0.25, 0.3) is 5.91 Å².